The maximum absolute atomic E-state index is 12.0. The van der Waals surface area contributed by atoms with Gasteiger partial charge in [-0.25, -0.2) is 0 Å². The fourth-order valence-electron chi connectivity index (χ4n) is 1.80. The number of hydrogen-bond donors (Lipinski definition) is 2. The number of carbonyl (C=O) groups is 1. The van der Waals surface area contributed by atoms with Crippen molar-refractivity contribution in [3.8, 4) is 12.3 Å². The van der Waals surface area contributed by atoms with Gasteiger partial charge < -0.3 is 10.3 Å². The number of H-pyrrole nitrogens is 1. The molecule has 2 N–H and O–H groups in total. The van der Waals surface area contributed by atoms with Gasteiger partial charge in [-0.1, -0.05) is 12.1 Å². The number of terminal acetylenes is 1. The molecular formula is C14H14N2O. The number of para-hydroxylation sites is 1. The number of aromatic amines is 1. The number of benzene rings is 1. The Hall–Kier alpha value is -2.21. The van der Waals surface area contributed by atoms with Crippen molar-refractivity contribution >= 4 is 16.8 Å². The van der Waals surface area contributed by atoms with E-state index in [0.717, 1.165) is 10.9 Å². The minimum Gasteiger partial charge on any atom is -0.361 e. The summed E-state index contributed by atoms with van der Waals surface area (Å²) < 4.78 is 0. The van der Waals surface area contributed by atoms with Crippen molar-refractivity contribution in [2.75, 3.05) is 0 Å². The van der Waals surface area contributed by atoms with Crippen LogP contribution in [0, 0.1) is 12.3 Å². The van der Waals surface area contributed by atoms with E-state index >= 15 is 0 Å². The molecular weight excluding hydrogens is 212 g/mol. The number of amides is 1. The number of nitrogens with one attached hydrogen (secondary N) is 2. The van der Waals surface area contributed by atoms with Gasteiger partial charge in [0, 0.05) is 24.0 Å². The Kier molecular flexibility index (Phi) is 3.15. The summed E-state index contributed by atoms with van der Waals surface area (Å²) in [5, 5.41) is 3.91. The lowest BCUT2D eigenvalue weighted by molar-refractivity contribution is 0.0942. The van der Waals surface area contributed by atoms with E-state index < -0.39 is 0 Å². The second-order valence-electron chi connectivity index (χ2n) is 4.03. The van der Waals surface area contributed by atoms with Crippen LogP contribution < -0.4 is 5.32 Å². The van der Waals surface area contributed by atoms with Crippen molar-refractivity contribution in [3.05, 3.63) is 36.0 Å². The van der Waals surface area contributed by atoms with Gasteiger partial charge >= 0.3 is 0 Å². The van der Waals surface area contributed by atoms with E-state index in [0.29, 0.717) is 12.0 Å². The van der Waals surface area contributed by atoms with Crippen molar-refractivity contribution in [2.24, 2.45) is 0 Å². The lowest BCUT2D eigenvalue weighted by Crippen LogP contribution is -2.32. The zero-order chi connectivity index (χ0) is 12.3. The van der Waals surface area contributed by atoms with Crippen LogP contribution in [0.5, 0.6) is 0 Å². The molecule has 1 unspecified atom stereocenters. The highest BCUT2D eigenvalue weighted by Crippen LogP contribution is 2.16. The number of carbonyl (C=O) groups excluding carboxylic acids is 1. The van der Waals surface area contributed by atoms with Gasteiger partial charge in [-0.05, 0) is 19.1 Å². The van der Waals surface area contributed by atoms with Crippen LogP contribution in [0.1, 0.15) is 23.7 Å². The lowest BCUT2D eigenvalue weighted by atomic mass is 10.1. The molecule has 0 saturated carbocycles. The average molecular weight is 226 g/mol. The highest BCUT2D eigenvalue weighted by molar-refractivity contribution is 6.05. The Balaban J connectivity index is 2.25. The van der Waals surface area contributed by atoms with Crippen LogP contribution in [0.4, 0.5) is 0 Å². The maximum atomic E-state index is 12.0. The van der Waals surface area contributed by atoms with Gasteiger partial charge in [0.15, 0.2) is 0 Å². The first-order valence-electron chi connectivity index (χ1n) is 5.53. The van der Waals surface area contributed by atoms with Gasteiger partial charge in [-0.3, -0.25) is 4.79 Å². The predicted octanol–water partition coefficient (Wildman–Crippen LogP) is 2.31. The number of hydrogen-bond acceptors (Lipinski definition) is 1. The molecule has 3 nitrogen and oxygen atoms in total. The van der Waals surface area contributed by atoms with Crippen molar-refractivity contribution in [3.63, 3.8) is 0 Å². The summed E-state index contributed by atoms with van der Waals surface area (Å²) in [5.41, 5.74) is 1.51. The van der Waals surface area contributed by atoms with Gasteiger partial charge in [0.1, 0.15) is 0 Å². The van der Waals surface area contributed by atoms with Crippen molar-refractivity contribution in [1.29, 1.82) is 0 Å². The standard InChI is InChI=1S/C14H14N2O/c1-3-5-10(2)16-14(17)12-7-4-6-11-8-9-15-13(11)12/h1,4,6-10,15H,5H2,2H3,(H,16,17). The molecule has 2 aromatic rings. The Morgan fingerprint density at radius 3 is 3.12 bits per heavy atom. The van der Waals surface area contributed by atoms with Gasteiger partial charge in [0.05, 0.1) is 11.1 Å². The van der Waals surface area contributed by atoms with E-state index in [1.54, 1.807) is 6.07 Å². The summed E-state index contributed by atoms with van der Waals surface area (Å²) >= 11 is 0. The molecule has 1 atom stereocenters. The fraction of sp³-hybridized carbons (Fsp3) is 0.214. The molecule has 17 heavy (non-hydrogen) atoms. The molecule has 1 aromatic heterocycles. The van der Waals surface area contributed by atoms with E-state index in [4.69, 9.17) is 6.42 Å². The van der Waals surface area contributed by atoms with Crippen molar-refractivity contribution < 1.29 is 4.79 Å². The molecule has 0 fully saturated rings. The Bertz CT molecular complexity index is 577. The Morgan fingerprint density at radius 1 is 1.53 bits per heavy atom. The Labute approximate surface area is 100 Å². The molecule has 1 heterocycles. The minimum atomic E-state index is -0.0965. The van der Waals surface area contributed by atoms with Crippen LogP contribution in [0.2, 0.25) is 0 Å². The molecule has 2 rings (SSSR count). The van der Waals surface area contributed by atoms with Crippen LogP contribution in [-0.2, 0) is 0 Å². The van der Waals surface area contributed by atoms with Crippen LogP contribution in [-0.4, -0.2) is 16.9 Å². The summed E-state index contributed by atoms with van der Waals surface area (Å²) in [6.45, 7) is 1.90. The highest BCUT2D eigenvalue weighted by atomic mass is 16.1. The minimum absolute atomic E-state index is 0.0160. The third-order valence-electron chi connectivity index (χ3n) is 2.63. The molecule has 0 bridgehead atoms. The van der Waals surface area contributed by atoms with Gasteiger partial charge in [0.2, 0.25) is 0 Å². The monoisotopic (exact) mass is 226 g/mol. The predicted molar refractivity (Wildman–Crippen MR) is 68.7 cm³/mol. The molecule has 0 aliphatic rings. The third-order valence-corrected chi connectivity index (χ3v) is 2.63. The van der Waals surface area contributed by atoms with Crippen molar-refractivity contribution in [2.45, 2.75) is 19.4 Å². The van der Waals surface area contributed by atoms with Crippen molar-refractivity contribution in [1.82, 2.24) is 10.3 Å². The zero-order valence-electron chi connectivity index (χ0n) is 9.66. The topological polar surface area (TPSA) is 44.9 Å². The van der Waals surface area contributed by atoms with Gasteiger partial charge in [-0.15, -0.1) is 12.3 Å². The largest absolute Gasteiger partial charge is 0.361 e. The molecule has 0 spiro atoms. The molecule has 0 radical (unpaired) electrons. The summed E-state index contributed by atoms with van der Waals surface area (Å²) in [6.07, 6.45) is 7.57. The normalized spacial score (nSPS) is 12.0. The van der Waals surface area contributed by atoms with E-state index in [1.807, 2.05) is 31.3 Å². The zero-order valence-corrected chi connectivity index (χ0v) is 9.66. The van der Waals surface area contributed by atoms with E-state index in [9.17, 15) is 4.79 Å². The molecule has 3 heteroatoms. The second-order valence-corrected chi connectivity index (χ2v) is 4.03. The Morgan fingerprint density at radius 2 is 2.35 bits per heavy atom. The summed E-state index contributed by atoms with van der Waals surface area (Å²) in [7, 11) is 0. The SMILES string of the molecule is C#CCC(C)NC(=O)c1cccc2cc[nH]c12. The lowest BCUT2D eigenvalue weighted by Gasteiger charge is -2.11. The van der Waals surface area contributed by atoms with Gasteiger partial charge in [-0.2, -0.15) is 0 Å². The molecule has 1 aromatic carbocycles. The molecule has 86 valence electrons. The first-order chi connectivity index (χ1) is 8.22. The number of rotatable bonds is 3. The highest BCUT2D eigenvalue weighted by Gasteiger charge is 2.12. The smallest absolute Gasteiger partial charge is 0.253 e. The number of fused-ring (bicyclic) bond motifs is 1. The summed E-state index contributed by atoms with van der Waals surface area (Å²) in [5.74, 6) is 2.44. The van der Waals surface area contributed by atoms with Crippen LogP contribution in [0.15, 0.2) is 30.5 Å². The number of aromatic nitrogens is 1. The quantitative estimate of drug-likeness (QED) is 0.775. The van der Waals surface area contributed by atoms with Crippen LogP contribution in [0.3, 0.4) is 0 Å². The van der Waals surface area contributed by atoms with E-state index in [2.05, 4.69) is 16.2 Å². The van der Waals surface area contributed by atoms with E-state index in [-0.39, 0.29) is 11.9 Å². The fourth-order valence-corrected chi connectivity index (χ4v) is 1.80. The molecule has 0 saturated heterocycles. The first kappa shape index (κ1) is 11.3. The molecule has 1 amide bonds. The second kappa shape index (κ2) is 4.75. The van der Waals surface area contributed by atoms with Gasteiger partial charge in [0.25, 0.3) is 5.91 Å². The maximum Gasteiger partial charge on any atom is 0.253 e. The molecule has 0 aliphatic heterocycles. The van der Waals surface area contributed by atoms with Crippen LogP contribution >= 0.6 is 0 Å². The van der Waals surface area contributed by atoms with E-state index in [1.165, 1.54) is 0 Å². The third kappa shape index (κ3) is 2.31. The summed E-state index contributed by atoms with van der Waals surface area (Å²) in [6, 6.07) is 7.57. The summed E-state index contributed by atoms with van der Waals surface area (Å²) in [4.78, 5) is 15.1. The first-order valence-corrected chi connectivity index (χ1v) is 5.53. The average Bonchev–Trinajstić information content (AvgIpc) is 2.76. The van der Waals surface area contributed by atoms with Crippen LogP contribution in [0.25, 0.3) is 10.9 Å². The molecule has 0 aliphatic carbocycles.